The largest absolute Gasteiger partial charge is 0.336 e. The number of nitro groups is 1. The van der Waals surface area contributed by atoms with Crippen molar-refractivity contribution in [2.24, 2.45) is 0 Å². The second-order valence-electron chi connectivity index (χ2n) is 5.37. The summed E-state index contributed by atoms with van der Waals surface area (Å²) in [5, 5.41) is 14.9. The third kappa shape index (κ3) is 2.94. The lowest BCUT2D eigenvalue weighted by atomic mass is 10.0. The molecule has 0 aliphatic carbocycles. The first-order chi connectivity index (χ1) is 11.8. The molecule has 2 aromatic rings. The molecule has 1 atom stereocenters. The zero-order valence-corrected chi connectivity index (χ0v) is 14.6. The molecular formula is C15H11Cl2N4O4+. The number of nitro benzene ring substituents is 1. The summed E-state index contributed by atoms with van der Waals surface area (Å²) in [7, 11) is 0. The van der Waals surface area contributed by atoms with Gasteiger partial charge in [0, 0.05) is 29.5 Å². The van der Waals surface area contributed by atoms with Crippen molar-refractivity contribution >= 4 is 34.5 Å². The van der Waals surface area contributed by atoms with Crippen molar-refractivity contribution in [2.75, 3.05) is 0 Å². The maximum atomic E-state index is 12.1. The van der Waals surface area contributed by atoms with E-state index in [4.69, 9.17) is 27.7 Å². The van der Waals surface area contributed by atoms with Crippen LogP contribution in [0.2, 0.25) is 0 Å². The smallest absolute Gasteiger partial charge is 0.334 e. The van der Waals surface area contributed by atoms with Crippen LogP contribution in [0.4, 0.5) is 5.69 Å². The van der Waals surface area contributed by atoms with Crippen LogP contribution >= 0.6 is 23.2 Å². The Morgan fingerprint density at radius 2 is 2.08 bits per heavy atom. The van der Waals surface area contributed by atoms with Crippen LogP contribution in [0.5, 0.6) is 0 Å². The molecule has 8 nitrogen and oxygen atoms in total. The second kappa shape index (κ2) is 6.38. The first-order valence-corrected chi connectivity index (χ1v) is 7.88. The van der Waals surface area contributed by atoms with E-state index in [2.05, 4.69) is 10.1 Å². The highest BCUT2D eigenvalue weighted by Crippen LogP contribution is 2.38. The summed E-state index contributed by atoms with van der Waals surface area (Å²) in [6.07, 6.45) is 0. The monoisotopic (exact) mass is 381 g/mol. The zero-order chi connectivity index (χ0) is 18.3. The van der Waals surface area contributed by atoms with E-state index in [9.17, 15) is 15.0 Å². The van der Waals surface area contributed by atoms with Gasteiger partial charge in [-0.2, -0.15) is 4.98 Å². The van der Waals surface area contributed by atoms with Gasteiger partial charge in [-0.1, -0.05) is 22.8 Å². The Hall–Kier alpha value is -2.58. The molecule has 2 heterocycles. The highest BCUT2D eigenvalue weighted by molar-refractivity contribution is 6.35. The van der Waals surface area contributed by atoms with Crippen LogP contribution in [0.25, 0.3) is 17.0 Å². The topological polar surface area (TPSA) is 102 Å². The summed E-state index contributed by atoms with van der Waals surface area (Å²) in [6, 6.07) is 5.16. The van der Waals surface area contributed by atoms with E-state index in [-0.39, 0.29) is 28.1 Å². The summed E-state index contributed by atoms with van der Waals surface area (Å²) in [6.45, 7) is 3.33. The van der Waals surface area contributed by atoms with Crippen molar-refractivity contribution in [3.63, 3.8) is 0 Å². The van der Waals surface area contributed by atoms with Gasteiger partial charge in [0.05, 0.1) is 14.7 Å². The van der Waals surface area contributed by atoms with Gasteiger partial charge in [-0.05, 0) is 30.2 Å². The molecule has 1 aromatic carbocycles. The Bertz CT molecular complexity index is 964. The standard InChI is InChI=1S/C15H11Cl2N4O4/c1-7-11(13(17)20(22)8(2)12(7)16)14-18-15(25-19-14)9-4-3-5-10(6-9)21(23)24/h3-6,8H,1-2H3/q+1. The third-order valence-corrected chi connectivity index (χ3v) is 4.76. The van der Waals surface area contributed by atoms with Crippen molar-refractivity contribution in [1.82, 2.24) is 10.1 Å². The number of hydrogen-bond acceptors (Lipinski definition) is 6. The molecular weight excluding hydrogens is 371 g/mol. The Labute approximate surface area is 151 Å². The molecule has 0 amide bonds. The SMILES string of the molecule is CC1=C(Cl)C(C)[N+](=O)C(Cl)=C1c1noc(-c2cccc([N+](=O)[O-])c2)n1. The van der Waals surface area contributed by atoms with Gasteiger partial charge in [0.1, 0.15) is 5.57 Å². The minimum absolute atomic E-state index is 0.0654. The fraction of sp³-hybridized carbons (Fsp3) is 0.200. The maximum Gasteiger partial charge on any atom is 0.336 e. The Kier molecular flexibility index (Phi) is 4.40. The molecule has 1 unspecified atom stereocenters. The van der Waals surface area contributed by atoms with Gasteiger partial charge in [0.25, 0.3) is 11.6 Å². The molecule has 3 rings (SSSR count). The molecule has 1 aliphatic heterocycles. The predicted octanol–water partition coefficient (Wildman–Crippen LogP) is 4.25. The fourth-order valence-corrected chi connectivity index (χ4v) is 2.98. The maximum absolute atomic E-state index is 12.1. The molecule has 25 heavy (non-hydrogen) atoms. The molecule has 0 saturated heterocycles. The Balaban J connectivity index is 2.06. The van der Waals surface area contributed by atoms with E-state index in [1.807, 2.05) is 0 Å². The average molecular weight is 382 g/mol. The van der Waals surface area contributed by atoms with Gasteiger partial charge in [-0.3, -0.25) is 10.1 Å². The minimum atomic E-state index is -0.610. The number of nitrogens with zero attached hydrogens (tertiary/aromatic N) is 4. The molecule has 0 fully saturated rings. The van der Waals surface area contributed by atoms with Crippen LogP contribution < -0.4 is 0 Å². The lowest BCUT2D eigenvalue weighted by Crippen LogP contribution is -2.25. The van der Waals surface area contributed by atoms with Gasteiger partial charge in [0.15, 0.2) is 0 Å². The van der Waals surface area contributed by atoms with Crippen molar-refractivity contribution in [3.05, 3.63) is 60.9 Å². The summed E-state index contributed by atoms with van der Waals surface area (Å²) < 4.78 is 5.73. The normalized spacial score (nSPS) is 18.1. The van der Waals surface area contributed by atoms with Gasteiger partial charge >= 0.3 is 5.16 Å². The second-order valence-corrected chi connectivity index (χ2v) is 6.14. The van der Waals surface area contributed by atoms with Crippen molar-refractivity contribution in [3.8, 4) is 11.5 Å². The molecule has 0 spiro atoms. The zero-order valence-electron chi connectivity index (χ0n) is 13.1. The number of non-ortho nitro benzene ring substituents is 1. The lowest BCUT2D eigenvalue weighted by Gasteiger charge is -2.13. The first kappa shape index (κ1) is 17.2. The molecule has 0 N–H and O–H groups in total. The number of rotatable bonds is 3. The van der Waals surface area contributed by atoms with Crippen LogP contribution in [0, 0.1) is 15.0 Å². The Morgan fingerprint density at radius 1 is 1.36 bits per heavy atom. The Morgan fingerprint density at radius 3 is 2.76 bits per heavy atom. The van der Waals surface area contributed by atoms with E-state index < -0.39 is 11.0 Å². The summed E-state index contributed by atoms with van der Waals surface area (Å²) in [5.74, 6) is 0.144. The average Bonchev–Trinajstić information content (AvgIpc) is 3.08. The number of hydrogen-bond donors (Lipinski definition) is 0. The molecule has 0 bridgehead atoms. The molecule has 1 aromatic heterocycles. The van der Waals surface area contributed by atoms with Crippen LogP contribution in [0.3, 0.4) is 0 Å². The number of benzene rings is 1. The number of allylic oxidation sites excluding steroid dienone is 2. The van der Waals surface area contributed by atoms with Crippen molar-refractivity contribution in [1.29, 1.82) is 0 Å². The number of nitroso groups, excluding NO2 is 1. The molecule has 1 aliphatic rings. The van der Waals surface area contributed by atoms with Crippen LogP contribution in [0.1, 0.15) is 19.7 Å². The highest BCUT2D eigenvalue weighted by Gasteiger charge is 2.39. The van der Waals surface area contributed by atoms with E-state index in [1.54, 1.807) is 19.9 Å². The van der Waals surface area contributed by atoms with Gasteiger partial charge < -0.3 is 4.52 Å². The summed E-state index contributed by atoms with van der Waals surface area (Å²) >= 11 is 12.3. The number of halogens is 2. The van der Waals surface area contributed by atoms with E-state index in [0.29, 0.717) is 20.9 Å². The van der Waals surface area contributed by atoms with Crippen LogP contribution in [-0.4, -0.2) is 25.9 Å². The minimum Gasteiger partial charge on any atom is -0.334 e. The van der Waals surface area contributed by atoms with Gasteiger partial charge in [-0.25, -0.2) is 0 Å². The molecule has 0 saturated carbocycles. The van der Waals surface area contributed by atoms with E-state index >= 15 is 0 Å². The van der Waals surface area contributed by atoms with E-state index in [0.717, 1.165) is 0 Å². The molecule has 0 radical (unpaired) electrons. The molecule has 128 valence electrons. The van der Waals surface area contributed by atoms with Crippen LogP contribution in [-0.2, 0) is 0 Å². The van der Waals surface area contributed by atoms with Gasteiger partial charge in [0.2, 0.25) is 11.9 Å². The first-order valence-electron chi connectivity index (χ1n) is 7.13. The molecule has 10 heteroatoms. The lowest BCUT2D eigenvalue weighted by molar-refractivity contribution is -0.514. The third-order valence-electron chi connectivity index (χ3n) is 3.81. The van der Waals surface area contributed by atoms with E-state index in [1.165, 1.54) is 18.2 Å². The predicted molar refractivity (Wildman–Crippen MR) is 90.8 cm³/mol. The van der Waals surface area contributed by atoms with Crippen LogP contribution in [0.15, 0.2) is 44.6 Å². The fourth-order valence-electron chi connectivity index (χ4n) is 2.43. The van der Waals surface area contributed by atoms with Crippen molar-refractivity contribution in [2.45, 2.75) is 19.9 Å². The summed E-state index contributed by atoms with van der Waals surface area (Å²) in [5.41, 5.74) is 1.10. The van der Waals surface area contributed by atoms with Gasteiger partial charge in [-0.15, -0.1) is 0 Å². The number of aromatic nitrogens is 2. The highest BCUT2D eigenvalue weighted by atomic mass is 35.5. The summed E-state index contributed by atoms with van der Waals surface area (Å²) in [4.78, 5) is 26.7. The van der Waals surface area contributed by atoms with Crippen molar-refractivity contribution < 1.29 is 14.2 Å². The quantitative estimate of drug-likeness (QED) is 0.340.